The molecule has 0 saturated heterocycles. The number of pyridine rings is 2. The van der Waals surface area contributed by atoms with Crippen LogP contribution in [0.5, 0.6) is 0 Å². The Kier molecular flexibility index (Phi) is 9.12. The first-order valence-electron chi connectivity index (χ1n) is 6.30. The van der Waals surface area contributed by atoms with Gasteiger partial charge in [0.2, 0.25) is 0 Å². The number of carboxylic acid groups (broad SMARTS) is 2. The van der Waals surface area contributed by atoms with Gasteiger partial charge in [-0.05, 0) is 24.3 Å². The first-order chi connectivity index (χ1) is 11.2. The van der Waals surface area contributed by atoms with E-state index in [1.807, 2.05) is 0 Å². The molecule has 2 aromatic heterocycles. The number of carboxylic acids is 2. The predicted molar refractivity (Wildman–Crippen MR) is 90.5 cm³/mol. The summed E-state index contributed by atoms with van der Waals surface area (Å²) in [7, 11) is 0. The molecule has 2 rings (SSSR count). The number of hydrogen-bond donors (Lipinski definition) is 6. The first-order valence-corrected chi connectivity index (χ1v) is 6.30. The minimum atomic E-state index is -1.26. The maximum absolute atomic E-state index is 9.55. The smallest absolute Gasteiger partial charge is 0.328 e. The lowest BCUT2D eigenvalue weighted by Crippen LogP contribution is -1.93. The van der Waals surface area contributed by atoms with E-state index in [9.17, 15) is 9.59 Å². The molecule has 2 aromatic rings. The lowest BCUT2D eigenvalue weighted by atomic mass is 10.4. The molecule has 0 saturated carbocycles. The standard InChI is InChI=1S/2C5H7N3.C4H4O4/c2*6-4-2-1-3-5(7)8-4;5-3(6)1-2-4(7)8/h2*1-3H,(H4,6,7,8);1-2H,(H,5,6)(H,7,8)/b;;2-1-. The van der Waals surface area contributed by atoms with E-state index in [0.717, 1.165) is 0 Å². The summed E-state index contributed by atoms with van der Waals surface area (Å²) in [6.45, 7) is 0. The second-order valence-electron chi connectivity index (χ2n) is 3.98. The summed E-state index contributed by atoms with van der Waals surface area (Å²) >= 11 is 0. The SMILES string of the molecule is Nc1cccc(N)n1.Nc1cccc(N)n1.O=C(O)/C=C\C(=O)O. The highest BCUT2D eigenvalue weighted by molar-refractivity contribution is 5.89. The van der Waals surface area contributed by atoms with Crippen LogP contribution < -0.4 is 22.9 Å². The van der Waals surface area contributed by atoms with Crippen molar-refractivity contribution in [1.29, 1.82) is 0 Å². The van der Waals surface area contributed by atoms with E-state index in [1.54, 1.807) is 36.4 Å². The molecule has 10 heteroatoms. The summed E-state index contributed by atoms with van der Waals surface area (Å²) in [6, 6.07) is 10.3. The van der Waals surface area contributed by atoms with E-state index in [0.29, 0.717) is 35.4 Å². The molecular formula is C14H18N6O4. The average Bonchev–Trinajstić information content (AvgIpc) is 2.46. The number of aromatic nitrogens is 2. The summed E-state index contributed by atoms with van der Waals surface area (Å²) in [6.07, 6.45) is 1.12. The first kappa shape index (κ1) is 20.2. The third-order valence-corrected chi connectivity index (χ3v) is 1.95. The van der Waals surface area contributed by atoms with Gasteiger partial charge in [0.05, 0.1) is 0 Å². The van der Waals surface area contributed by atoms with Gasteiger partial charge in [0.1, 0.15) is 23.3 Å². The van der Waals surface area contributed by atoms with Crippen LogP contribution in [0.4, 0.5) is 23.3 Å². The molecule has 0 aliphatic rings. The van der Waals surface area contributed by atoms with E-state index in [-0.39, 0.29) is 0 Å². The van der Waals surface area contributed by atoms with Crippen LogP contribution >= 0.6 is 0 Å². The molecule has 0 bridgehead atoms. The van der Waals surface area contributed by atoms with E-state index >= 15 is 0 Å². The van der Waals surface area contributed by atoms with Gasteiger partial charge in [-0.2, -0.15) is 0 Å². The van der Waals surface area contributed by atoms with Crippen molar-refractivity contribution in [3.63, 3.8) is 0 Å². The number of hydrogen-bond acceptors (Lipinski definition) is 8. The van der Waals surface area contributed by atoms with Gasteiger partial charge >= 0.3 is 11.9 Å². The average molecular weight is 334 g/mol. The molecule has 0 spiro atoms. The zero-order valence-electron chi connectivity index (χ0n) is 12.5. The van der Waals surface area contributed by atoms with Crippen molar-refractivity contribution in [3.05, 3.63) is 48.6 Å². The van der Waals surface area contributed by atoms with Crippen LogP contribution in [0, 0.1) is 0 Å². The normalized spacial score (nSPS) is 9.17. The van der Waals surface area contributed by atoms with Gasteiger partial charge in [-0.1, -0.05) is 12.1 Å². The van der Waals surface area contributed by atoms with Crippen molar-refractivity contribution >= 4 is 35.2 Å². The lowest BCUT2D eigenvalue weighted by Gasteiger charge is -1.90. The fourth-order valence-electron chi connectivity index (χ4n) is 1.08. The van der Waals surface area contributed by atoms with Gasteiger partial charge in [0.25, 0.3) is 0 Å². The van der Waals surface area contributed by atoms with Gasteiger partial charge in [-0.3, -0.25) is 0 Å². The van der Waals surface area contributed by atoms with Gasteiger partial charge in [0, 0.05) is 12.2 Å². The highest BCUT2D eigenvalue weighted by Crippen LogP contribution is 1.99. The Morgan fingerprint density at radius 1 is 0.708 bits per heavy atom. The Labute approximate surface area is 137 Å². The van der Waals surface area contributed by atoms with Crippen LogP contribution in [-0.4, -0.2) is 32.1 Å². The monoisotopic (exact) mass is 334 g/mol. The number of anilines is 4. The fraction of sp³-hybridized carbons (Fsp3) is 0. The number of rotatable bonds is 2. The Hall–Kier alpha value is -3.82. The van der Waals surface area contributed by atoms with Crippen molar-refractivity contribution in [2.24, 2.45) is 0 Å². The number of nitrogen functional groups attached to an aromatic ring is 4. The Morgan fingerprint density at radius 2 is 0.958 bits per heavy atom. The predicted octanol–water partition coefficient (Wildman–Crippen LogP) is 0.204. The number of aliphatic carboxylic acids is 2. The summed E-state index contributed by atoms with van der Waals surface area (Å²) in [5, 5.41) is 15.6. The van der Waals surface area contributed by atoms with E-state index in [1.165, 1.54) is 0 Å². The van der Waals surface area contributed by atoms with Crippen molar-refractivity contribution in [3.8, 4) is 0 Å². The van der Waals surface area contributed by atoms with Crippen molar-refractivity contribution < 1.29 is 19.8 Å². The fourth-order valence-corrected chi connectivity index (χ4v) is 1.08. The summed E-state index contributed by atoms with van der Waals surface area (Å²) in [5.41, 5.74) is 21.1. The minimum absolute atomic E-state index is 0.463. The van der Waals surface area contributed by atoms with Gasteiger partial charge in [-0.15, -0.1) is 0 Å². The molecule has 10 N–H and O–H groups in total. The Bertz CT molecular complexity index is 611. The second kappa shape index (κ2) is 10.8. The number of nitrogens with zero attached hydrogens (tertiary/aromatic N) is 2. The quantitative estimate of drug-likeness (QED) is 0.411. The van der Waals surface area contributed by atoms with Crippen LogP contribution in [-0.2, 0) is 9.59 Å². The highest BCUT2D eigenvalue weighted by atomic mass is 16.4. The zero-order chi connectivity index (χ0) is 18.5. The van der Waals surface area contributed by atoms with Crippen LogP contribution in [0.25, 0.3) is 0 Å². The molecule has 0 aliphatic carbocycles. The summed E-state index contributed by atoms with van der Waals surface area (Å²) in [5.74, 6) is -0.662. The van der Waals surface area contributed by atoms with Crippen LogP contribution in [0.15, 0.2) is 48.6 Å². The van der Waals surface area contributed by atoms with Crippen LogP contribution in [0.2, 0.25) is 0 Å². The largest absolute Gasteiger partial charge is 0.478 e. The maximum Gasteiger partial charge on any atom is 0.328 e. The molecule has 2 heterocycles. The van der Waals surface area contributed by atoms with Crippen molar-refractivity contribution in [1.82, 2.24) is 9.97 Å². The Morgan fingerprint density at radius 3 is 1.08 bits per heavy atom. The molecule has 0 aliphatic heterocycles. The molecular weight excluding hydrogens is 316 g/mol. The number of nitrogens with two attached hydrogens (primary N) is 4. The van der Waals surface area contributed by atoms with Crippen molar-refractivity contribution in [2.75, 3.05) is 22.9 Å². The molecule has 0 unspecified atom stereocenters. The highest BCUT2D eigenvalue weighted by Gasteiger charge is 1.88. The molecule has 10 nitrogen and oxygen atoms in total. The molecule has 24 heavy (non-hydrogen) atoms. The minimum Gasteiger partial charge on any atom is -0.478 e. The van der Waals surface area contributed by atoms with Crippen LogP contribution in [0.3, 0.4) is 0 Å². The third kappa shape index (κ3) is 12.0. The topological polar surface area (TPSA) is 204 Å². The van der Waals surface area contributed by atoms with Gasteiger partial charge in [0.15, 0.2) is 0 Å². The van der Waals surface area contributed by atoms with Gasteiger partial charge < -0.3 is 33.1 Å². The summed E-state index contributed by atoms with van der Waals surface area (Å²) < 4.78 is 0. The Balaban J connectivity index is 0.000000331. The molecule has 0 aromatic carbocycles. The van der Waals surface area contributed by atoms with E-state index < -0.39 is 11.9 Å². The third-order valence-electron chi connectivity index (χ3n) is 1.95. The van der Waals surface area contributed by atoms with Gasteiger partial charge in [-0.25, -0.2) is 19.6 Å². The molecule has 0 amide bonds. The van der Waals surface area contributed by atoms with E-state index in [2.05, 4.69) is 9.97 Å². The number of carbonyl (C=O) groups is 2. The molecule has 0 fully saturated rings. The lowest BCUT2D eigenvalue weighted by molar-refractivity contribution is -0.134. The molecule has 0 radical (unpaired) electrons. The van der Waals surface area contributed by atoms with Crippen molar-refractivity contribution in [2.45, 2.75) is 0 Å². The van der Waals surface area contributed by atoms with Crippen LogP contribution in [0.1, 0.15) is 0 Å². The second-order valence-corrected chi connectivity index (χ2v) is 3.98. The molecule has 0 atom stereocenters. The molecule has 128 valence electrons. The summed E-state index contributed by atoms with van der Waals surface area (Å²) in [4.78, 5) is 26.6. The zero-order valence-corrected chi connectivity index (χ0v) is 12.5. The maximum atomic E-state index is 9.55. The van der Waals surface area contributed by atoms with E-state index in [4.69, 9.17) is 33.1 Å².